The van der Waals surface area contributed by atoms with Crippen molar-refractivity contribution >= 4 is 60.4 Å². The van der Waals surface area contributed by atoms with Crippen molar-refractivity contribution in [3.8, 4) is 0 Å². The molecule has 1 aromatic carbocycles. The zero-order valence-corrected chi connectivity index (χ0v) is 15.1. The first kappa shape index (κ1) is 18.8. The second-order valence-corrected chi connectivity index (χ2v) is 8.16. The molecule has 1 atom stereocenters. The highest BCUT2D eigenvalue weighted by atomic mass is 35.7. The summed E-state index contributed by atoms with van der Waals surface area (Å²) in [6.45, 7) is 3.78. The van der Waals surface area contributed by atoms with E-state index in [1.165, 1.54) is 0 Å². The number of nitrogens with one attached hydrogen (secondary N) is 1. The average Bonchev–Trinajstić information content (AvgIpc) is 2.32. The maximum absolute atomic E-state index is 12.2. The third-order valence-corrected chi connectivity index (χ3v) is 5.35. The van der Waals surface area contributed by atoms with Crippen molar-refractivity contribution in [2.75, 3.05) is 0 Å². The van der Waals surface area contributed by atoms with Gasteiger partial charge >= 0.3 is 0 Å². The van der Waals surface area contributed by atoms with E-state index in [1.54, 1.807) is 0 Å². The number of halogens is 4. The van der Waals surface area contributed by atoms with Crippen molar-refractivity contribution in [1.82, 2.24) is 5.32 Å². The second kappa shape index (κ2) is 7.38. The van der Waals surface area contributed by atoms with Gasteiger partial charge in [0, 0.05) is 16.7 Å². The lowest BCUT2D eigenvalue weighted by Gasteiger charge is -2.16. The summed E-state index contributed by atoms with van der Waals surface area (Å²) in [5.74, 6) is -0.602. The van der Waals surface area contributed by atoms with Crippen LogP contribution < -0.4 is 5.32 Å². The van der Waals surface area contributed by atoms with Gasteiger partial charge in [0.25, 0.3) is 15.0 Å². The minimum Gasteiger partial charge on any atom is -0.349 e. The number of rotatable bonds is 5. The summed E-state index contributed by atoms with van der Waals surface area (Å²) < 4.78 is 22.9. The van der Waals surface area contributed by atoms with Gasteiger partial charge in [0.1, 0.15) is 4.90 Å². The van der Waals surface area contributed by atoms with Crippen molar-refractivity contribution in [2.45, 2.75) is 37.6 Å². The van der Waals surface area contributed by atoms with Crippen LogP contribution in [-0.2, 0) is 9.05 Å². The van der Waals surface area contributed by atoms with Crippen molar-refractivity contribution in [3.63, 3.8) is 0 Å². The van der Waals surface area contributed by atoms with Crippen LogP contribution in [0.5, 0.6) is 0 Å². The van der Waals surface area contributed by atoms with E-state index in [9.17, 15) is 13.2 Å². The van der Waals surface area contributed by atoms with Crippen LogP contribution in [0.4, 0.5) is 0 Å². The molecule has 1 unspecified atom stereocenters. The molecule has 0 saturated heterocycles. The SMILES string of the molecule is CCCC(C)NC(=O)c1c(Cl)c(Cl)cc(S(=O)(=O)Cl)c1Cl. The average molecular weight is 393 g/mol. The van der Waals surface area contributed by atoms with Crippen molar-refractivity contribution in [3.05, 3.63) is 26.7 Å². The molecule has 0 bridgehead atoms. The lowest BCUT2D eigenvalue weighted by molar-refractivity contribution is 0.0938. The molecule has 0 aliphatic carbocycles. The Morgan fingerprint density at radius 1 is 1.29 bits per heavy atom. The topological polar surface area (TPSA) is 63.2 Å². The van der Waals surface area contributed by atoms with Gasteiger partial charge in [0.15, 0.2) is 0 Å². The van der Waals surface area contributed by atoms with Crippen LogP contribution in [-0.4, -0.2) is 20.4 Å². The first-order valence-corrected chi connectivity index (χ1v) is 9.46. The summed E-state index contributed by atoms with van der Waals surface area (Å²) in [5, 5.41) is 2.10. The number of amides is 1. The highest BCUT2D eigenvalue weighted by Crippen LogP contribution is 2.37. The van der Waals surface area contributed by atoms with Crippen LogP contribution >= 0.6 is 45.5 Å². The molecule has 0 aliphatic heterocycles. The van der Waals surface area contributed by atoms with Gasteiger partial charge in [-0.05, 0) is 19.4 Å². The van der Waals surface area contributed by atoms with Gasteiger partial charge in [-0.3, -0.25) is 4.79 Å². The summed E-state index contributed by atoms with van der Waals surface area (Å²) in [6.07, 6.45) is 1.63. The third-order valence-electron chi connectivity index (χ3n) is 2.71. The Kier molecular flexibility index (Phi) is 6.62. The molecule has 21 heavy (non-hydrogen) atoms. The molecular formula is C12H13Cl4NO3S. The minimum absolute atomic E-state index is 0.117. The summed E-state index contributed by atoms with van der Waals surface area (Å²) in [6, 6.07) is 0.894. The van der Waals surface area contributed by atoms with Crippen LogP contribution in [0.25, 0.3) is 0 Å². The standard InChI is InChI=1S/C12H13Cl4NO3S/c1-3-4-6(2)17-12(18)9-10(14)7(13)5-8(11(9)15)21(16,19)20/h5-6H,3-4H2,1-2H3,(H,17,18). The quantitative estimate of drug-likeness (QED) is 0.592. The summed E-state index contributed by atoms with van der Waals surface area (Å²) >= 11 is 17.8. The van der Waals surface area contributed by atoms with Crippen LogP contribution in [0.15, 0.2) is 11.0 Å². The van der Waals surface area contributed by atoms with Gasteiger partial charge in [-0.1, -0.05) is 48.1 Å². The molecule has 1 amide bonds. The van der Waals surface area contributed by atoms with Gasteiger partial charge in [0.05, 0.1) is 20.6 Å². The summed E-state index contributed by atoms with van der Waals surface area (Å²) in [4.78, 5) is 11.8. The molecule has 1 aromatic rings. The van der Waals surface area contributed by atoms with E-state index >= 15 is 0 Å². The molecule has 118 valence electrons. The molecular weight excluding hydrogens is 380 g/mol. The molecule has 9 heteroatoms. The first-order valence-electron chi connectivity index (χ1n) is 6.02. The lowest BCUT2D eigenvalue weighted by atomic mass is 10.1. The Hall–Kier alpha value is -0.200. The van der Waals surface area contributed by atoms with E-state index in [2.05, 4.69) is 5.32 Å². The Balaban J connectivity index is 3.36. The fraction of sp³-hybridized carbons (Fsp3) is 0.417. The molecule has 0 spiro atoms. The molecule has 0 fully saturated rings. The maximum Gasteiger partial charge on any atom is 0.262 e. The molecule has 0 radical (unpaired) electrons. The smallest absolute Gasteiger partial charge is 0.262 e. The monoisotopic (exact) mass is 391 g/mol. The van der Waals surface area contributed by atoms with E-state index in [-0.39, 0.29) is 26.7 Å². The molecule has 1 N–H and O–H groups in total. The van der Waals surface area contributed by atoms with Crippen LogP contribution in [0, 0.1) is 0 Å². The zero-order chi connectivity index (χ0) is 16.4. The fourth-order valence-electron chi connectivity index (χ4n) is 1.76. The van der Waals surface area contributed by atoms with Crippen molar-refractivity contribution < 1.29 is 13.2 Å². The molecule has 0 saturated carbocycles. The normalized spacial score (nSPS) is 13.0. The fourth-order valence-corrected chi connectivity index (χ4v) is 3.91. The highest BCUT2D eigenvalue weighted by Gasteiger charge is 2.26. The Morgan fingerprint density at radius 2 is 1.86 bits per heavy atom. The van der Waals surface area contributed by atoms with E-state index in [4.69, 9.17) is 45.5 Å². The van der Waals surface area contributed by atoms with Crippen LogP contribution in [0.3, 0.4) is 0 Å². The summed E-state index contributed by atoms with van der Waals surface area (Å²) in [5.41, 5.74) is -0.201. The predicted octanol–water partition coefficient (Wildman–Crippen LogP) is 4.49. The van der Waals surface area contributed by atoms with E-state index in [0.29, 0.717) is 0 Å². The first-order chi connectivity index (χ1) is 9.59. The maximum atomic E-state index is 12.2. The van der Waals surface area contributed by atoms with Crippen LogP contribution in [0.2, 0.25) is 15.1 Å². The Bertz CT molecular complexity index is 661. The zero-order valence-electron chi connectivity index (χ0n) is 11.2. The molecule has 1 rings (SSSR count). The largest absolute Gasteiger partial charge is 0.349 e. The predicted molar refractivity (Wildman–Crippen MR) is 86.3 cm³/mol. The van der Waals surface area contributed by atoms with Gasteiger partial charge < -0.3 is 5.32 Å². The lowest BCUT2D eigenvalue weighted by Crippen LogP contribution is -2.33. The van der Waals surface area contributed by atoms with E-state index in [0.717, 1.165) is 18.9 Å². The van der Waals surface area contributed by atoms with Crippen molar-refractivity contribution in [1.29, 1.82) is 0 Å². The van der Waals surface area contributed by atoms with Gasteiger partial charge in [-0.25, -0.2) is 8.42 Å². The third kappa shape index (κ3) is 4.63. The summed E-state index contributed by atoms with van der Waals surface area (Å²) in [7, 11) is 1.12. The minimum atomic E-state index is -4.15. The number of carbonyl (C=O) groups excluding carboxylic acids is 1. The van der Waals surface area contributed by atoms with Gasteiger partial charge in [-0.15, -0.1) is 0 Å². The Labute approximate surface area is 143 Å². The van der Waals surface area contributed by atoms with Crippen LogP contribution in [0.1, 0.15) is 37.0 Å². The van der Waals surface area contributed by atoms with E-state index in [1.807, 2.05) is 13.8 Å². The highest BCUT2D eigenvalue weighted by molar-refractivity contribution is 8.13. The molecule has 0 aliphatic rings. The number of benzene rings is 1. The number of hydrogen-bond acceptors (Lipinski definition) is 3. The van der Waals surface area contributed by atoms with Gasteiger partial charge in [0.2, 0.25) is 0 Å². The molecule has 4 nitrogen and oxygen atoms in total. The molecule has 0 aromatic heterocycles. The second-order valence-electron chi connectivity index (χ2n) is 4.46. The molecule has 0 heterocycles. The van der Waals surface area contributed by atoms with Gasteiger partial charge in [-0.2, -0.15) is 0 Å². The van der Waals surface area contributed by atoms with E-state index < -0.39 is 19.9 Å². The number of hydrogen-bond donors (Lipinski definition) is 1. The number of carbonyl (C=O) groups is 1. The Morgan fingerprint density at radius 3 is 2.33 bits per heavy atom. The van der Waals surface area contributed by atoms with Crippen molar-refractivity contribution in [2.24, 2.45) is 0 Å².